The Kier molecular flexibility index (Phi) is 4.45. The number of likely N-dealkylation sites (tertiary alicyclic amines) is 2. The van der Waals surface area contributed by atoms with Crippen molar-refractivity contribution in [1.29, 1.82) is 0 Å². The van der Waals surface area contributed by atoms with Crippen LogP contribution in [0.2, 0.25) is 0 Å². The first-order chi connectivity index (χ1) is 10.7. The van der Waals surface area contributed by atoms with Crippen molar-refractivity contribution < 1.29 is 9.53 Å². The van der Waals surface area contributed by atoms with Crippen LogP contribution in [0.1, 0.15) is 30.7 Å². The van der Waals surface area contributed by atoms with E-state index in [0.29, 0.717) is 19.6 Å². The highest BCUT2D eigenvalue weighted by Crippen LogP contribution is 2.48. The lowest BCUT2D eigenvalue weighted by Crippen LogP contribution is -2.55. The quantitative estimate of drug-likeness (QED) is 0.846. The van der Waals surface area contributed by atoms with Crippen molar-refractivity contribution in [3.05, 3.63) is 30.1 Å². The highest BCUT2D eigenvalue weighted by molar-refractivity contribution is 5.81. The number of aromatic nitrogens is 1. The summed E-state index contributed by atoms with van der Waals surface area (Å²) in [6.07, 6.45) is 6.37. The molecule has 0 saturated carbocycles. The van der Waals surface area contributed by atoms with Gasteiger partial charge in [0.05, 0.1) is 12.1 Å². The Labute approximate surface area is 132 Å². The van der Waals surface area contributed by atoms with Crippen molar-refractivity contribution in [2.75, 3.05) is 40.4 Å². The van der Waals surface area contributed by atoms with E-state index in [0.717, 1.165) is 25.9 Å². The molecule has 2 fully saturated rings. The van der Waals surface area contributed by atoms with Crippen LogP contribution in [-0.2, 0) is 9.53 Å². The number of pyridine rings is 1. The van der Waals surface area contributed by atoms with E-state index in [2.05, 4.69) is 27.9 Å². The summed E-state index contributed by atoms with van der Waals surface area (Å²) in [5, 5.41) is 0. The highest BCUT2D eigenvalue weighted by Gasteiger charge is 2.53. The number of nitrogens with zero attached hydrogens (tertiary/aromatic N) is 3. The lowest BCUT2D eigenvalue weighted by atomic mass is 9.74. The molecule has 5 nitrogen and oxygen atoms in total. The molecule has 2 saturated heterocycles. The lowest BCUT2D eigenvalue weighted by molar-refractivity contribution is -0.133. The second kappa shape index (κ2) is 6.34. The summed E-state index contributed by atoms with van der Waals surface area (Å²) in [5.74, 6) is 0.509. The molecule has 1 amide bonds. The molecule has 0 aliphatic carbocycles. The molecule has 22 heavy (non-hydrogen) atoms. The van der Waals surface area contributed by atoms with E-state index in [1.54, 1.807) is 13.3 Å². The molecule has 1 aromatic rings. The average molecular weight is 303 g/mol. The Bertz CT molecular complexity index is 512. The highest BCUT2D eigenvalue weighted by atomic mass is 16.5. The number of ether oxygens (including phenoxy) is 1. The smallest absolute Gasteiger partial charge is 0.223 e. The maximum absolute atomic E-state index is 12.7. The molecule has 5 heteroatoms. The third-order valence-corrected chi connectivity index (χ3v) is 5.32. The molecule has 120 valence electrons. The van der Waals surface area contributed by atoms with Crippen LogP contribution in [0.3, 0.4) is 0 Å². The van der Waals surface area contributed by atoms with Crippen molar-refractivity contribution in [2.24, 2.45) is 0 Å². The molecule has 1 aromatic heterocycles. The van der Waals surface area contributed by atoms with Crippen molar-refractivity contribution in [1.82, 2.24) is 14.8 Å². The van der Waals surface area contributed by atoms with Crippen molar-refractivity contribution in [3.8, 4) is 0 Å². The molecule has 1 spiro atoms. The van der Waals surface area contributed by atoms with Gasteiger partial charge in [-0.15, -0.1) is 0 Å². The topological polar surface area (TPSA) is 45.7 Å². The molecular weight excluding hydrogens is 278 g/mol. The Morgan fingerprint density at radius 3 is 2.82 bits per heavy atom. The minimum absolute atomic E-state index is 0.0643. The van der Waals surface area contributed by atoms with Gasteiger partial charge in [-0.2, -0.15) is 0 Å². The molecule has 2 aliphatic heterocycles. The molecule has 2 aliphatic rings. The van der Waals surface area contributed by atoms with E-state index in [1.807, 2.05) is 12.3 Å². The summed E-state index contributed by atoms with van der Waals surface area (Å²) in [6, 6.07) is 4.09. The number of hydrogen-bond donors (Lipinski definition) is 0. The summed E-state index contributed by atoms with van der Waals surface area (Å²) in [4.78, 5) is 21.4. The Morgan fingerprint density at radius 1 is 1.41 bits per heavy atom. The molecule has 0 radical (unpaired) electrons. The first kappa shape index (κ1) is 15.4. The zero-order valence-corrected chi connectivity index (χ0v) is 13.5. The van der Waals surface area contributed by atoms with Crippen LogP contribution in [0.25, 0.3) is 0 Å². The molecule has 0 N–H and O–H groups in total. The van der Waals surface area contributed by atoms with Gasteiger partial charge in [-0.05, 0) is 31.5 Å². The molecule has 0 aromatic carbocycles. The molecule has 0 bridgehead atoms. The van der Waals surface area contributed by atoms with Crippen LogP contribution in [0, 0.1) is 0 Å². The van der Waals surface area contributed by atoms with Gasteiger partial charge in [0.25, 0.3) is 0 Å². The number of methoxy groups -OCH3 is 1. The Morgan fingerprint density at radius 2 is 2.18 bits per heavy atom. The fourth-order valence-corrected chi connectivity index (χ4v) is 4.08. The van der Waals surface area contributed by atoms with Crippen LogP contribution in [0.4, 0.5) is 0 Å². The maximum Gasteiger partial charge on any atom is 0.223 e. The van der Waals surface area contributed by atoms with Crippen molar-refractivity contribution in [3.63, 3.8) is 0 Å². The number of carbonyl (C=O) groups excluding carboxylic acids is 1. The number of rotatable bonds is 4. The lowest BCUT2D eigenvalue weighted by Gasteiger charge is -2.47. The van der Waals surface area contributed by atoms with Gasteiger partial charge in [-0.1, -0.05) is 6.07 Å². The van der Waals surface area contributed by atoms with Gasteiger partial charge in [0.1, 0.15) is 0 Å². The second-order valence-electron chi connectivity index (χ2n) is 6.49. The van der Waals surface area contributed by atoms with Gasteiger partial charge in [0.15, 0.2) is 0 Å². The van der Waals surface area contributed by atoms with Gasteiger partial charge in [-0.25, -0.2) is 0 Å². The predicted molar refractivity (Wildman–Crippen MR) is 84.6 cm³/mol. The van der Waals surface area contributed by atoms with E-state index >= 15 is 0 Å². The standard InChI is InChI=1S/C17H25N3O2/c1-19-8-5-17(6-9-19)15(14-4-3-7-18-13-14)12-16(21)20(17)10-11-22-2/h3-4,7,13,15H,5-6,8-12H2,1-2H3. The number of carbonyl (C=O) groups is 1. The van der Waals surface area contributed by atoms with E-state index < -0.39 is 0 Å². The minimum atomic E-state index is -0.0643. The molecule has 3 rings (SSSR count). The molecule has 1 atom stereocenters. The number of amides is 1. The second-order valence-corrected chi connectivity index (χ2v) is 6.49. The van der Waals surface area contributed by atoms with Crippen LogP contribution in [-0.4, -0.2) is 66.6 Å². The molecule has 1 unspecified atom stereocenters. The Hall–Kier alpha value is -1.46. The number of hydrogen-bond acceptors (Lipinski definition) is 4. The zero-order chi connectivity index (χ0) is 15.6. The van der Waals surface area contributed by atoms with E-state index in [1.165, 1.54) is 5.56 Å². The van der Waals surface area contributed by atoms with Gasteiger partial charge >= 0.3 is 0 Å². The largest absolute Gasteiger partial charge is 0.383 e. The van der Waals surface area contributed by atoms with Crippen LogP contribution >= 0.6 is 0 Å². The van der Waals surface area contributed by atoms with Crippen molar-refractivity contribution in [2.45, 2.75) is 30.7 Å². The fourth-order valence-electron chi connectivity index (χ4n) is 4.08. The van der Waals surface area contributed by atoms with Crippen LogP contribution < -0.4 is 0 Å². The van der Waals surface area contributed by atoms with E-state index in [4.69, 9.17) is 4.74 Å². The van der Waals surface area contributed by atoms with Gasteiger partial charge in [0.2, 0.25) is 5.91 Å². The normalized spacial score (nSPS) is 25.1. The van der Waals surface area contributed by atoms with Gasteiger partial charge in [0, 0.05) is 51.5 Å². The van der Waals surface area contributed by atoms with Gasteiger partial charge in [-0.3, -0.25) is 9.78 Å². The minimum Gasteiger partial charge on any atom is -0.383 e. The fraction of sp³-hybridized carbons (Fsp3) is 0.647. The Balaban J connectivity index is 1.93. The third kappa shape index (κ3) is 2.63. The third-order valence-electron chi connectivity index (χ3n) is 5.32. The van der Waals surface area contributed by atoms with Crippen LogP contribution in [0.5, 0.6) is 0 Å². The maximum atomic E-state index is 12.7. The molecular formula is C17H25N3O2. The van der Waals surface area contributed by atoms with Crippen molar-refractivity contribution >= 4 is 5.91 Å². The summed E-state index contributed by atoms with van der Waals surface area (Å²) in [5.41, 5.74) is 1.13. The van der Waals surface area contributed by atoms with Crippen LogP contribution in [0.15, 0.2) is 24.5 Å². The molecule has 3 heterocycles. The number of piperidine rings is 1. The first-order valence-electron chi connectivity index (χ1n) is 8.05. The predicted octanol–water partition coefficient (Wildman–Crippen LogP) is 1.51. The first-order valence-corrected chi connectivity index (χ1v) is 8.05. The van der Waals surface area contributed by atoms with E-state index in [-0.39, 0.29) is 17.4 Å². The summed E-state index contributed by atoms with van der Waals surface area (Å²) in [7, 11) is 3.85. The van der Waals surface area contributed by atoms with Gasteiger partial charge < -0.3 is 14.5 Å². The SMILES string of the molecule is COCCN1C(=O)CC(c2cccnc2)C12CCN(C)CC2. The summed E-state index contributed by atoms with van der Waals surface area (Å²) >= 11 is 0. The van der Waals surface area contributed by atoms with E-state index in [9.17, 15) is 4.79 Å². The average Bonchev–Trinajstić information content (AvgIpc) is 2.81. The zero-order valence-electron chi connectivity index (χ0n) is 13.5. The summed E-state index contributed by atoms with van der Waals surface area (Å²) < 4.78 is 5.23. The monoisotopic (exact) mass is 303 g/mol. The summed E-state index contributed by atoms with van der Waals surface area (Å²) in [6.45, 7) is 3.36.